The first kappa shape index (κ1) is 22.9. The Morgan fingerprint density at radius 3 is 1.94 bits per heavy atom. The van der Waals surface area contributed by atoms with Crippen LogP contribution < -0.4 is 0 Å². The zero-order valence-electron chi connectivity index (χ0n) is 17.1. The molecule has 0 saturated carbocycles. The van der Waals surface area contributed by atoms with Crippen molar-refractivity contribution in [3.8, 4) is 23.9 Å². The normalized spacial score (nSPS) is 10.6. The first-order valence-corrected chi connectivity index (χ1v) is 9.35. The smallest absolute Gasteiger partial charge is 0.101 e. The van der Waals surface area contributed by atoms with E-state index in [-0.39, 0.29) is 32.7 Å². The Kier molecular flexibility index (Phi) is 6.87. The van der Waals surface area contributed by atoms with E-state index in [0.717, 1.165) is 28.0 Å². The van der Waals surface area contributed by atoms with Gasteiger partial charge >= 0.3 is 0 Å². The number of hydrogen-bond acceptors (Lipinski definition) is 3. The van der Waals surface area contributed by atoms with E-state index >= 15 is 0 Å². The summed E-state index contributed by atoms with van der Waals surface area (Å²) in [5.41, 5.74) is 4.89. The number of allylic oxidation sites excluding steroid dienone is 1. The van der Waals surface area contributed by atoms with E-state index in [0.29, 0.717) is 33.5 Å². The second kappa shape index (κ2) is 9.59. The molecule has 0 atom stereocenters. The van der Waals surface area contributed by atoms with Crippen LogP contribution in [0.25, 0.3) is 43.8 Å². The molecule has 0 N–H and O–H groups in total. The van der Waals surface area contributed by atoms with Gasteiger partial charge in [0.1, 0.15) is 6.07 Å². The fourth-order valence-electron chi connectivity index (χ4n) is 3.74. The van der Waals surface area contributed by atoms with Crippen molar-refractivity contribution >= 4 is 33.6 Å². The predicted molar refractivity (Wildman–Crippen MR) is 122 cm³/mol. The molecule has 0 unspecified atom stereocenters. The van der Waals surface area contributed by atoms with Crippen molar-refractivity contribution in [2.45, 2.75) is 0 Å². The van der Waals surface area contributed by atoms with Crippen LogP contribution >= 0.6 is 0 Å². The van der Waals surface area contributed by atoms with Crippen molar-refractivity contribution in [2.75, 3.05) is 7.05 Å². The zero-order chi connectivity index (χ0) is 22.0. The van der Waals surface area contributed by atoms with Crippen molar-refractivity contribution in [3.63, 3.8) is 0 Å². The molecule has 1 aromatic heterocycles. The molecule has 1 radical (unpaired) electrons. The zero-order valence-corrected chi connectivity index (χ0v) is 19.9. The maximum absolute atomic E-state index is 9.87. The predicted octanol–water partition coefficient (Wildman–Crippen LogP) is 5.38. The molecule has 1 heterocycles. The van der Waals surface area contributed by atoms with Crippen LogP contribution in [0.15, 0.2) is 60.8 Å². The third kappa shape index (κ3) is 3.81. The number of benzene rings is 3. The minimum atomic E-state index is 0. The second-order valence-corrected chi connectivity index (χ2v) is 6.84. The Morgan fingerprint density at radius 1 is 0.875 bits per heavy atom. The number of nitriles is 3. The third-order valence-electron chi connectivity index (χ3n) is 5.12. The van der Waals surface area contributed by atoms with E-state index in [1.54, 1.807) is 37.4 Å². The van der Waals surface area contributed by atoms with Gasteiger partial charge in [0.15, 0.2) is 0 Å². The minimum Gasteiger partial charge on any atom is -0.810 e. The Bertz CT molecular complexity index is 1450. The molecule has 4 rings (SSSR count). The van der Waals surface area contributed by atoms with Crippen molar-refractivity contribution in [2.24, 2.45) is 0 Å². The number of rotatable bonds is 4. The Hall–Kier alpha value is -3.76. The standard InChI is InChI=1S/C25H14N6.Y/c1-30-15-20(14-29)18-4-7-23(19(10-18)13-28)31-24-5-2-16(11-26)8-21(24)22-9-17(12-27)3-6-25(22)31;/h2-10,14-15H,1H3;/q-2;/b20-15+;. The number of hydrogen-bond donors (Lipinski definition) is 0. The maximum atomic E-state index is 9.87. The molecule has 0 fully saturated rings. The van der Waals surface area contributed by atoms with E-state index < -0.39 is 0 Å². The molecular weight excluding hydrogens is 473 g/mol. The van der Waals surface area contributed by atoms with Crippen molar-refractivity contribution < 1.29 is 32.7 Å². The average Bonchev–Trinajstić information content (AvgIpc) is 3.14. The van der Waals surface area contributed by atoms with Gasteiger partial charge in [0, 0.05) is 43.5 Å². The van der Waals surface area contributed by atoms with Gasteiger partial charge in [-0.05, 0) is 54.1 Å². The summed E-state index contributed by atoms with van der Waals surface area (Å²) in [5.74, 6) is 0. The summed E-state index contributed by atoms with van der Waals surface area (Å²) < 4.78 is 1.95. The van der Waals surface area contributed by atoms with Gasteiger partial charge in [-0.15, -0.1) is 7.05 Å². The van der Waals surface area contributed by atoms with Gasteiger partial charge in [-0.2, -0.15) is 28.2 Å². The monoisotopic (exact) mass is 487 g/mol. The quantitative estimate of drug-likeness (QED) is 0.360. The van der Waals surface area contributed by atoms with E-state index in [2.05, 4.69) is 23.5 Å². The molecule has 0 aliphatic heterocycles. The summed E-state index contributed by atoms with van der Waals surface area (Å²) >= 11 is 0. The Balaban J connectivity index is 0.00000289. The van der Waals surface area contributed by atoms with Crippen LogP contribution in [0.2, 0.25) is 0 Å². The van der Waals surface area contributed by atoms with Crippen LogP contribution in [0, 0.1) is 34.0 Å². The van der Waals surface area contributed by atoms with Crippen molar-refractivity contribution in [3.05, 3.63) is 93.8 Å². The van der Waals surface area contributed by atoms with Crippen LogP contribution in [0.1, 0.15) is 22.3 Å². The number of fused-ring (bicyclic) bond motifs is 3. The summed E-state index contributed by atoms with van der Waals surface area (Å²) in [4.78, 5) is 0. The minimum absolute atomic E-state index is 0. The van der Waals surface area contributed by atoms with E-state index in [1.165, 1.54) is 6.20 Å². The van der Waals surface area contributed by atoms with Gasteiger partial charge in [-0.25, -0.2) is 0 Å². The fraction of sp³-hybridized carbons (Fsp3) is 0.0400. The van der Waals surface area contributed by atoms with Gasteiger partial charge in [0.2, 0.25) is 0 Å². The van der Waals surface area contributed by atoms with Gasteiger partial charge in [0.25, 0.3) is 0 Å². The molecular formula is C25H14N6Y-2. The molecule has 7 heteroatoms. The fourth-order valence-corrected chi connectivity index (χ4v) is 3.74. The van der Waals surface area contributed by atoms with E-state index in [9.17, 15) is 21.2 Å². The Labute approximate surface area is 210 Å². The van der Waals surface area contributed by atoms with Crippen LogP contribution in [0.4, 0.5) is 0 Å². The summed E-state index contributed by atoms with van der Waals surface area (Å²) in [7, 11) is 1.60. The maximum Gasteiger partial charge on any atom is 0.101 e. The molecule has 32 heavy (non-hydrogen) atoms. The van der Waals surface area contributed by atoms with Crippen molar-refractivity contribution in [1.29, 1.82) is 15.8 Å². The van der Waals surface area contributed by atoms with E-state index in [4.69, 9.17) is 0 Å². The average molecular weight is 487 g/mol. The molecule has 3 aromatic carbocycles. The number of nitrogens with zero attached hydrogens (tertiary/aromatic N) is 6. The summed E-state index contributed by atoms with van der Waals surface area (Å²) in [6, 6.07) is 22.6. The van der Waals surface area contributed by atoms with Gasteiger partial charge in [-0.1, -0.05) is 11.6 Å². The van der Waals surface area contributed by atoms with Gasteiger partial charge in [0.05, 0.1) is 45.5 Å². The first-order valence-electron chi connectivity index (χ1n) is 9.35. The summed E-state index contributed by atoms with van der Waals surface area (Å²) in [6.45, 7) is 0. The summed E-state index contributed by atoms with van der Waals surface area (Å²) in [6.07, 6.45) is 2.47. The third-order valence-corrected chi connectivity index (χ3v) is 5.12. The second-order valence-electron chi connectivity index (χ2n) is 6.84. The molecule has 0 saturated heterocycles. The van der Waals surface area contributed by atoms with Gasteiger partial charge < -0.3 is 15.3 Å². The topological polar surface area (TPSA) is 113 Å². The first-order chi connectivity index (χ1) is 15.1. The van der Waals surface area contributed by atoms with Crippen LogP contribution in [-0.4, -0.2) is 17.8 Å². The molecule has 149 valence electrons. The molecule has 0 aliphatic rings. The van der Waals surface area contributed by atoms with Crippen LogP contribution in [0.5, 0.6) is 0 Å². The summed E-state index contributed by atoms with van der Waals surface area (Å²) in [5, 5.41) is 43.6. The van der Waals surface area contributed by atoms with E-state index in [1.807, 2.05) is 28.8 Å². The molecule has 0 bridgehead atoms. The molecule has 0 aliphatic carbocycles. The van der Waals surface area contributed by atoms with Crippen LogP contribution in [-0.2, 0) is 32.7 Å². The molecule has 0 amide bonds. The molecule has 6 nitrogen and oxygen atoms in total. The SMILES string of the molecule is C[N-]/C=C(\C=[N-])c1ccc(-n2c3ccc(C#N)cc3c3cc(C#N)ccc32)c(C#N)c1.[Y]. The van der Waals surface area contributed by atoms with Gasteiger partial charge in [-0.3, -0.25) is 0 Å². The molecule has 4 aromatic rings. The number of aromatic nitrogens is 1. The largest absolute Gasteiger partial charge is 0.810 e. The Morgan fingerprint density at radius 2 is 1.47 bits per heavy atom. The van der Waals surface area contributed by atoms with Crippen molar-refractivity contribution in [1.82, 2.24) is 4.57 Å². The van der Waals surface area contributed by atoms with Crippen LogP contribution in [0.3, 0.4) is 0 Å². The molecule has 0 spiro atoms.